The van der Waals surface area contributed by atoms with Gasteiger partial charge < -0.3 is 14.4 Å². The Bertz CT molecular complexity index is 523. The van der Waals surface area contributed by atoms with Gasteiger partial charge in [0.25, 0.3) is 0 Å². The van der Waals surface area contributed by atoms with Crippen molar-refractivity contribution in [3.8, 4) is 0 Å². The van der Waals surface area contributed by atoms with Crippen LogP contribution >= 0.6 is 0 Å². The molecule has 122 valence electrons. The summed E-state index contributed by atoms with van der Waals surface area (Å²) in [6.07, 6.45) is 3.58. The van der Waals surface area contributed by atoms with Gasteiger partial charge in [0.15, 0.2) is 0 Å². The van der Waals surface area contributed by atoms with Crippen molar-refractivity contribution >= 4 is 10.0 Å². The molecule has 0 amide bonds. The number of rotatable bonds is 10. The molecule has 0 saturated heterocycles. The summed E-state index contributed by atoms with van der Waals surface area (Å²) >= 11 is 0. The summed E-state index contributed by atoms with van der Waals surface area (Å²) in [7, 11) is -3.56. The lowest BCUT2D eigenvalue weighted by atomic mass is 10.3. The first kappa shape index (κ1) is 18.2. The van der Waals surface area contributed by atoms with Crippen molar-refractivity contribution in [3.05, 3.63) is 18.0 Å². The predicted molar refractivity (Wildman–Crippen MR) is 81.7 cm³/mol. The van der Waals surface area contributed by atoms with Gasteiger partial charge in [0.2, 0.25) is 10.0 Å². The lowest BCUT2D eigenvalue weighted by Gasteiger charge is -2.10. The fourth-order valence-electron chi connectivity index (χ4n) is 1.93. The van der Waals surface area contributed by atoms with Crippen LogP contribution in [0.5, 0.6) is 0 Å². The summed E-state index contributed by atoms with van der Waals surface area (Å²) in [6, 6.07) is 1.59. The minimum absolute atomic E-state index is 0.0912. The maximum Gasteiger partial charge on any atom is 0.242 e. The predicted octanol–water partition coefficient (Wildman–Crippen LogP) is 1.66. The maximum atomic E-state index is 12.2. The van der Waals surface area contributed by atoms with Crippen molar-refractivity contribution in [1.29, 1.82) is 0 Å². The summed E-state index contributed by atoms with van der Waals surface area (Å²) < 4.78 is 33.9. The van der Waals surface area contributed by atoms with E-state index in [0.29, 0.717) is 18.9 Å². The Morgan fingerprint density at radius 1 is 1.38 bits per heavy atom. The standard InChI is InChI=1S/C14H26N2O4S/c1-4-5-7-20-8-6-15-21(18,19)14-9-13(11-17)16(10-14)12(2)3/h9-10,12,15,17H,4-8,11H2,1-3H3. The number of sulfonamides is 1. The van der Waals surface area contributed by atoms with Crippen molar-refractivity contribution in [2.45, 2.75) is 51.2 Å². The van der Waals surface area contributed by atoms with E-state index in [1.54, 1.807) is 10.8 Å². The van der Waals surface area contributed by atoms with Crippen LogP contribution in [0, 0.1) is 0 Å². The van der Waals surface area contributed by atoms with E-state index in [-0.39, 0.29) is 24.1 Å². The van der Waals surface area contributed by atoms with Gasteiger partial charge in [-0.05, 0) is 26.3 Å². The quantitative estimate of drug-likeness (QED) is 0.643. The number of aliphatic hydroxyl groups is 1. The van der Waals surface area contributed by atoms with Crippen molar-refractivity contribution < 1.29 is 18.3 Å². The summed E-state index contributed by atoms with van der Waals surface area (Å²) in [6.45, 7) is 7.01. The van der Waals surface area contributed by atoms with E-state index in [0.717, 1.165) is 12.8 Å². The summed E-state index contributed by atoms with van der Waals surface area (Å²) in [5.41, 5.74) is 0.588. The van der Waals surface area contributed by atoms with Gasteiger partial charge in [-0.15, -0.1) is 0 Å². The Morgan fingerprint density at radius 2 is 2.10 bits per heavy atom. The minimum atomic E-state index is -3.56. The zero-order chi connectivity index (χ0) is 15.9. The van der Waals surface area contributed by atoms with Crippen LogP contribution in [0.1, 0.15) is 45.3 Å². The van der Waals surface area contributed by atoms with Crippen molar-refractivity contribution in [2.24, 2.45) is 0 Å². The second-order valence-electron chi connectivity index (χ2n) is 5.19. The number of hydrogen-bond acceptors (Lipinski definition) is 4. The number of unbranched alkanes of at least 4 members (excludes halogenated alkanes) is 1. The summed E-state index contributed by atoms with van der Waals surface area (Å²) in [5.74, 6) is 0. The average Bonchev–Trinajstić information content (AvgIpc) is 2.88. The third-order valence-corrected chi connectivity index (χ3v) is 4.54. The molecule has 0 fully saturated rings. The average molecular weight is 318 g/mol. The molecule has 0 spiro atoms. The normalized spacial score (nSPS) is 12.2. The van der Waals surface area contributed by atoms with E-state index >= 15 is 0 Å². The van der Waals surface area contributed by atoms with Gasteiger partial charge in [-0.3, -0.25) is 0 Å². The smallest absolute Gasteiger partial charge is 0.242 e. The number of aliphatic hydroxyl groups excluding tert-OH is 1. The van der Waals surface area contributed by atoms with E-state index in [2.05, 4.69) is 11.6 Å². The Hall–Kier alpha value is -0.890. The third-order valence-electron chi connectivity index (χ3n) is 3.12. The maximum absolute atomic E-state index is 12.2. The van der Waals surface area contributed by atoms with Crippen LogP contribution < -0.4 is 4.72 Å². The first-order valence-corrected chi connectivity index (χ1v) is 8.79. The van der Waals surface area contributed by atoms with Crippen LogP contribution in [-0.2, 0) is 21.4 Å². The van der Waals surface area contributed by atoms with Gasteiger partial charge in [0.05, 0.1) is 18.1 Å². The van der Waals surface area contributed by atoms with Crippen LogP contribution in [0.2, 0.25) is 0 Å². The molecule has 1 aromatic heterocycles. The highest BCUT2D eigenvalue weighted by atomic mass is 32.2. The molecule has 0 unspecified atom stereocenters. The van der Waals surface area contributed by atoms with E-state index in [1.807, 2.05) is 13.8 Å². The highest BCUT2D eigenvalue weighted by Crippen LogP contribution is 2.18. The fourth-order valence-corrected chi connectivity index (χ4v) is 2.99. The zero-order valence-electron chi connectivity index (χ0n) is 13.0. The molecule has 2 N–H and O–H groups in total. The molecule has 0 atom stereocenters. The van der Waals surface area contributed by atoms with Crippen molar-refractivity contribution in [1.82, 2.24) is 9.29 Å². The number of nitrogens with zero attached hydrogens (tertiary/aromatic N) is 1. The fraction of sp³-hybridized carbons (Fsp3) is 0.714. The first-order chi connectivity index (χ1) is 9.92. The van der Waals surface area contributed by atoms with Crippen molar-refractivity contribution in [2.75, 3.05) is 19.8 Å². The van der Waals surface area contributed by atoms with Gasteiger partial charge in [-0.1, -0.05) is 13.3 Å². The Kier molecular flexibility index (Phi) is 7.37. The largest absolute Gasteiger partial charge is 0.390 e. The number of hydrogen-bond donors (Lipinski definition) is 2. The lowest BCUT2D eigenvalue weighted by molar-refractivity contribution is 0.136. The molecule has 0 bridgehead atoms. The monoisotopic (exact) mass is 318 g/mol. The molecule has 7 heteroatoms. The Labute approximate surface area is 127 Å². The molecule has 21 heavy (non-hydrogen) atoms. The number of ether oxygens (including phenoxy) is 1. The van der Waals surface area contributed by atoms with Crippen LogP contribution in [0.3, 0.4) is 0 Å². The molecule has 0 aliphatic rings. The van der Waals surface area contributed by atoms with Gasteiger partial charge in [0.1, 0.15) is 0 Å². The van der Waals surface area contributed by atoms with Gasteiger partial charge in [-0.25, -0.2) is 13.1 Å². The molecule has 0 aliphatic heterocycles. The summed E-state index contributed by atoms with van der Waals surface area (Å²) in [4.78, 5) is 0.175. The number of aromatic nitrogens is 1. The Balaban J connectivity index is 2.62. The molecule has 1 aromatic rings. The van der Waals surface area contributed by atoms with E-state index in [9.17, 15) is 13.5 Å². The molecule has 0 radical (unpaired) electrons. The molecular formula is C14H26N2O4S. The minimum Gasteiger partial charge on any atom is -0.390 e. The van der Waals surface area contributed by atoms with Crippen LogP contribution in [0.25, 0.3) is 0 Å². The summed E-state index contributed by atoms with van der Waals surface area (Å²) in [5, 5.41) is 9.29. The molecule has 0 saturated carbocycles. The van der Waals surface area contributed by atoms with E-state index in [1.165, 1.54) is 6.07 Å². The van der Waals surface area contributed by atoms with E-state index in [4.69, 9.17) is 4.74 Å². The Morgan fingerprint density at radius 3 is 2.62 bits per heavy atom. The first-order valence-electron chi connectivity index (χ1n) is 7.31. The van der Waals surface area contributed by atoms with Gasteiger partial charge in [-0.2, -0.15) is 0 Å². The SMILES string of the molecule is CCCCOCCNS(=O)(=O)c1cc(CO)n(C(C)C)c1. The second kappa shape index (κ2) is 8.53. The van der Waals surface area contributed by atoms with Crippen LogP contribution in [-0.4, -0.2) is 37.8 Å². The van der Waals surface area contributed by atoms with Crippen LogP contribution in [0.15, 0.2) is 17.2 Å². The number of nitrogens with one attached hydrogen (secondary N) is 1. The third kappa shape index (κ3) is 5.43. The molecule has 1 rings (SSSR count). The molecule has 6 nitrogen and oxygen atoms in total. The molecule has 0 aliphatic carbocycles. The topological polar surface area (TPSA) is 80.6 Å². The lowest BCUT2D eigenvalue weighted by Crippen LogP contribution is -2.27. The zero-order valence-corrected chi connectivity index (χ0v) is 13.8. The van der Waals surface area contributed by atoms with Crippen molar-refractivity contribution in [3.63, 3.8) is 0 Å². The van der Waals surface area contributed by atoms with Crippen LogP contribution in [0.4, 0.5) is 0 Å². The molecule has 0 aromatic carbocycles. The van der Waals surface area contributed by atoms with Gasteiger partial charge >= 0.3 is 0 Å². The highest BCUT2D eigenvalue weighted by molar-refractivity contribution is 7.89. The van der Waals surface area contributed by atoms with E-state index < -0.39 is 10.0 Å². The molecular weight excluding hydrogens is 292 g/mol. The molecule has 1 heterocycles. The highest BCUT2D eigenvalue weighted by Gasteiger charge is 2.18. The second-order valence-corrected chi connectivity index (χ2v) is 6.96. The van der Waals surface area contributed by atoms with Gasteiger partial charge in [0, 0.05) is 31.1 Å².